The van der Waals surface area contributed by atoms with Gasteiger partial charge in [-0.05, 0) is 37.0 Å². The first-order valence-electron chi connectivity index (χ1n) is 7.08. The van der Waals surface area contributed by atoms with Crippen LogP contribution in [-0.4, -0.2) is 25.2 Å². The number of rotatable bonds is 4. The van der Waals surface area contributed by atoms with Crippen molar-refractivity contribution in [3.05, 3.63) is 0 Å². The van der Waals surface area contributed by atoms with Crippen LogP contribution in [-0.2, 0) is 0 Å². The van der Waals surface area contributed by atoms with Gasteiger partial charge in [-0.25, -0.2) is 0 Å². The Labute approximate surface area is 101 Å². The highest BCUT2D eigenvalue weighted by atomic mass is 15.1. The van der Waals surface area contributed by atoms with Crippen LogP contribution in [0, 0.1) is 11.3 Å². The molecule has 0 aromatic heterocycles. The second-order valence-electron chi connectivity index (χ2n) is 6.41. The SMILES string of the molecule is CCC(C)(C)C1CCC(NC2CNC2)CC1. The lowest BCUT2D eigenvalue weighted by atomic mass is 9.69. The molecule has 0 aromatic carbocycles. The maximum absolute atomic E-state index is 3.78. The lowest BCUT2D eigenvalue weighted by Gasteiger charge is -2.41. The highest BCUT2D eigenvalue weighted by molar-refractivity contribution is 4.89. The van der Waals surface area contributed by atoms with Gasteiger partial charge in [0.05, 0.1) is 0 Å². The van der Waals surface area contributed by atoms with Crippen molar-refractivity contribution in [1.82, 2.24) is 10.6 Å². The van der Waals surface area contributed by atoms with E-state index in [1.165, 1.54) is 45.2 Å². The zero-order valence-corrected chi connectivity index (χ0v) is 11.2. The molecule has 0 amide bonds. The van der Waals surface area contributed by atoms with Crippen molar-refractivity contribution in [3.8, 4) is 0 Å². The Bertz CT molecular complexity index is 213. The fraction of sp³-hybridized carbons (Fsp3) is 1.00. The van der Waals surface area contributed by atoms with Gasteiger partial charge in [0.15, 0.2) is 0 Å². The first kappa shape index (κ1) is 12.4. The largest absolute Gasteiger partial charge is 0.314 e. The quantitative estimate of drug-likeness (QED) is 0.767. The van der Waals surface area contributed by atoms with Crippen LogP contribution in [0.3, 0.4) is 0 Å². The van der Waals surface area contributed by atoms with Gasteiger partial charge in [0.2, 0.25) is 0 Å². The molecule has 2 heteroatoms. The van der Waals surface area contributed by atoms with Crippen LogP contribution in [0.5, 0.6) is 0 Å². The third kappa shape index (κ3) is 2.78. The van der Waals surface area contributed by atoms with E-state index in [1.54, 1.807) is 0 Å². The molecule has 0 bridgehead atoms. The zero-order valence-electron chi connectivity index (χ0n) is 11.2. The predicted molar refractivity (Wildman–Crippen MR) is 69.6 cm³/mol. The number of hydrogen-bond acceptors (Lipinski definition) is 2. The average Bonchev–Trinajstić information content (AvgIpc) is 2.24. The maximum atomic E-state index is 3.78. The van der Waals surface area contributed by atoms with Gasteiger partial charge in [0.25, 0.3) is 0 Å². The van der Waals surface area contributed by atoms with E-state index in [2.05, 4.69) is 31.4 Å². The topological polar surface area (TPSA) is 24.1 Å². The summed E-state index contributed by atoms with van der Waals surface area (Å²) in [6.07, 6.45) is 6.97. The summed E-state index contributed by atoms with van der Waals surface area (Å²) in [5, 5.41) is 7.11. The highest BCUT2D eigenvalue weighted by Gasteiger charge is 2.32. The van der Waals surface area contributed by atoms with E-state index in [4.69, 9.17) is 0 Å². The zero-order chi connectivity index (χ0) is 11.6. The fourth-order valence-electron chi connectivity index (χ4n) is 3.07. The molecule has 16 heavy (non-hydrogen) atoms. The lowest BCUT2D eigenvalue weighted by Crippen LogP contribution is -2.58. The molecule has 0 atom stereocenters. The van der Waals surface area contributed by atoms with Crippen molar-refractivity contribution < 1.29 is 0 Å². The number of hydrogen-bond donors (Lipinski definition) is 2. The fourth-order valence-corrected chi connectivity index (χ4v) is 3.07. The molecule has 2 N–H and O–H groups in total. The molecule has 2 fully saturated rings. The maximum Gasteiger partial charge on any atom is 0.0319 e. The van der Waals surface area contributed by atoms with Gasteiger partial charge in [-0.2, -0.15) is 0 Å². The summed E-state index contributed by atoms with van der Waals surface area (Å²) in [5.41, 5.74) is 0.559. The molecule has 1 aliphatic heterocycles. The van der Waals surface area contributed by atoms with E-state index in [1.807, 2.05) is 0 Å². The van der Waals surface area contributed by atoms with Gasteiger partial charge < -0.3 is 10.6 Å². The Morgan fingerprint density at radius 2 is 1.69 bits per heavy atom. The van der Waals surface area contributed by atoms with Crippen LogP contribution in [0.15, 0.2) is 0 Å². The van der Waals surface area contributed by atoms with E-state index in [0.29, 0.717) is 5.41 Å². The van der Waals surface area contributed by atoms with E-state index in [0.717, 1.165) is 18.0 Å². The third-order valence-corrected chi connectivity index (χ3v) is 5.00. The van der Waals surface area contributed by atoms with Crippen LogP contribution >= 0.6 is 0 Å². The lowest BCUT2D eigenvalue weighted by molar-refractivity contribution is 0.130. The molecular weight excluding hydrogens is 196 g/mol. The van der Waals surface area contributed by atoms with Gasteiger partial charge >= 0.3 is 0 Å². The summed E-state index contributed by atoms with van der Waals surface area (Å²) in [4.78, 5) is 0. The second-order valence-corrected chi connectivity index (χ2v) is 6.41. The monoisotopic (exact) mass is 224 g/mol. The highest BCUT2D eigenvalue weighted by Crippen LogP contribution is 2.40. The molecule has 0 aromatic rings. The number of nitrogens with one attached hydrogen (secondary N) is 2. The summed E-state index contributed by atoms with van der Waals surface area (Å²) in [7, 11) is 0. The molecule has 0 radical (unpaired) electrons. The van der Waals surface area contributed by atoms with Crippen molar-refractivity contribution >= 4 is 0 Å². The van der Waals surface area contributed by atoms with Gasteiger partial charge in [-0.15, -0.1) is 0 Å². The van der Waals surface area contributed by atoms with Crippen molar-refractivity contribution in [1.29, 1.82) is 0 Å². The predicted octanol–water partition coefficient (Wildman–Crippen LogP) is 2.54. The van der Waals surface area contributed by atoms with Crippen LogP contribution in [0.1, 0.15) is 52.9 Å². The van der Waals surface area contributed by atoms with Gasteiger partial charge in [-0.1, -0.05) is 27.2 Å². The third-order valence-electron chi connectivity index (χ3n) is 5.00. The molecule has 1 saturated carbocycles. The second kappa shape index (κ2) is 5.05. The molecule has 1 saturated heterocycles. The van der Waals surface area contributed by atoms with Crippen LogP contribution in [0.2, 0.25) is 0 Å². The Balaban J connectivity index is 1.73. The van der Waals surface area contributed by atoms with Crippen LogP contribution in [0.25, 0.3) is 0 Å². The van der Waals surface area contributed by atoms with E-state index in [-0.39, 0.29) is 0 Å². The van der Waals surface area contributed by atoms with Crippen LogP contribution in [0.4, 0.5) is 0 Å². The molecular formula is C14H28N2. The Hall–Kier alpha value is -0.0800. The standard InChI is InChI=1S/C14H28N2/c1-4-14(2,3)11-5-7-12(8-6-11)16-13-9-15-10-13/h11-13,15-16H,4-10H2,1-3H3. The molecule has 0 unspecified atom stereocenters. The van der Waals surface area contributed by atoms with Crippen LogP contribution < -0.4 is 10.6 Å². The van der Waals surface area contributed by atoms with Crippen molar-refractivity contribution in [3.63, 3.8) is 0 Å². The van der Waals surface area contributed by atoms with Crippen molar-refractivity contribution in [2.24, 2.45) is 11.3 Å². The molecule has 2 nitrogen and oxygen atoms in total. The smallest absolute Gasteiger partial charge is 0.0319 e. The minimum Gasteiger partial charge on any atom is -0.314 e. The average molecular weight is 224 g/mol. The van der Waals surface area contributed by atoms with Gasteiger partial charge in [0, 0.05) is 25.2 Å². The Morgan fingerprint density at radius 3 is 2.12 bits per heavy atom. The summed E-state index contributed by atoms with van der Waals surface area (Å²) in [6, 6.07) is 1.57. The molecule has 0 spiro atoms. The summed E-state index contributed by atoms with van der Waals surface area (Å²) in [6.45, 7) is 9.59. The van der Waals surface area contributed by atoms with Gasteiger partial charge in [-0.3, -0.25) is 0 Å². The van der Waals surface area contributed by atoms with E-state index < -0.39 is 0 Å². The van der Waals surface area contributed by atoms with E-state index >= 15 is 0 Å². The van der Waals surface area contributed by atoms with Gasteiger partial charge in [0.1, 0.15) is 0 Å². The molecule has 1 aliphatic carbocycles. The van der Waals surface area contributed by atoms with Crippen molar-refractivity contribution in [2.75, 3.05) is 13.1 Å². The first-order chi connectivity index (χ1) is 7.62. The minimum atomic E-state index is 0.559. The van der Waals surface area contributed by atoms with Crippen molar-refractivity contribution in [2.45, 2.75) is 65.0 Å². The Kier molecular flexibility index (Phi) is 3.91. The molecule has 2 rings (SSSR count). The van der Waals surface area contributed by atoms with E-state index in [9.17, 15) is 0 Å². The molecule has 94 valence electrons. The summed E-state index contributed by atoms with van der Waals surface area (Å²) in [5.74, 6) is 0.954. The normalized spacial score (nSPS) is 32.4. The molecule has 1 heterocycles. The first-order valence-corrected chi connectivity index (χ1v) is 7.08. The Morgan fingerprint density at radius 1 is 1.06 bits per heavy atom. The summed E-state index contributed by atoms with van der Waals surface area (Å²) < 4.78 is 0. The molecule has 2 aliphatic rings. The summed E-state index contributed by atoms with van der Waals surface area (Å²) >= 11 is 0. The minimum absolute atomic E-state index is 0.559.